The van der Waals surface area contributed by atoms with Crippen molar-refractivity contribution in [1.29, 1.82) is 0 Å². The number of rotatable bonds is 6. The summed E-state index contributed by atoms with van der Waals surface area (Å²) >= 11 is 0. The number of alkyl halides is 2. The first-order valence-corrected chi connectivity index (χ1v) is 11.1. The van der Waals surface area contributed by atoms with Gasteiger partial charge in [-0.2, -0.15) is 5.10 Å². The lowest BCUT2D eigenvalue weighted by molar-refractivity contribution is -0.0880. The fourth-order valence-corrected chi connectivity index (χ4v) is 4.15. The number of ether oxygens (including phenoxy) is 1. The number of anilines is 1. The minimum absolute atomic E-state index is 0.205. The molecule has 0 unspecified atom stereocenters. The Balaban J connectivity index is 1.61. The largest absolute Gasteiger partial charge is 0.372 e. The Labute approximate surface area is 200 Å². The van der Waals surface area contributed by atoms with E-state index in [1.54, 1.807) is 16.6 Å². The molecule has 1 N–H and O–H groups in total. The normalized spacial score (nSPS) is 20.3. The Kier molecular flexibility index (Phi) is 7.01. The molecule has 3 aromatic heterocycles. The second kappa shape index (κ2) is 9.98. The van der Waals surface area contributed by atoms with Gasteiger partial charge in [0.15, 0.2) is 5.69 Å². The van der Waals surface area contributed by atoms with E-state index in [9.17, 15) is 18.0 Å². The van der Waals surface area contributed by atoms with Crippen molar-refractivity contribution in [2.75, 3.05) is 18.4 Å². The van der Waals surface area contributed by atoms with Crippen molar-refractivity contribution in [1.82, 2.24) is 29.6 Å². The molecule has 0 aromatic carbocycles. The topological polar surface area (TPSA) is 98.1 Å². The summed E-state index contributed by atoms with van der Waals surface area (Å²) in [6.07, 6.45) is 0.0857. The van der Waals surface area contributed by atoms with Crippen LogP contribution in [0, 0.1) is 12.7 Å². The molecule has 1 aliphatic rings. The number of hydrogen-bond acceptors (Lipinski definition) is 7. The van der Waals surface area contributed by atoms with Crippen LogP contribution in [-0.2, 0) is 11.8 Å². The third kappa shape index (κ3) is 5.11. The molecule has 0 spiro atoms. The van der Waals surface area contributed by atoms with Crippen molar-refractivity contribution >= 4 is 11.7 Å². The molecule has 1 fully saturated rings. The highest BCUT2D eigenvalue weighted by molar-refractivity contribution is 5.99. The van der Waals surface area contributed by atoms with E-state index in [2.05, 4.69) is 25.4 Å². The van der Waals surface area contributed by atoms with Gasteiger partial charge in [-0.1, -0.05) is 0 Å². The number of carbonyl (C=O) groups is 1. The van der Waals surface area contributed by atoms with Crippen LogP contribution in [0.5, 0.6) is 0 Å². The summed E-state index contributed by atoms with van der Waals surface area (Å²) in [4.78, 5) is 27.3. The summed E-state index contributed by atoms with van der Waals surface area (Å²) in [5.74, 6) is -0.491. The van der Waals surface area contributed by atoms with E-state index >= 15 is 0 Å². The molecule has 0 saturated carbocycles. The van der Waals surface area contributed by atoms with E-state index in [1.165, 1.54) is 18.3 Å². The number of pyridine rings is 1. The molecule has 1 saturated heterocycles. The number of aryl methyl sites for hydroxylation is 1. The first-order valence-electron chi connectivity index (χ1n) is 11.1. The molecule has 3 aromatic rings. The maximum absolute atomic E-state index is 13.8. The quantitative estimate of drug-likeness (QED) is 0.567. The predicted molar refractivity (Wildman–Crippen MR) is 121 cm³/mol. The van der Waals surface area contributed by atoms with Gasteiger partial charge in [0, 0.05) is 25.8 Å². The summed E-state index contributed by atoms with van der Waals surface area (Å²) < 4.78 is 46.5. The van der Waals surface area contributed by atoms with Gasteiger partial charge in [0.1, 0.15) is 17.3 Å². The van der Waals surface area contributed by atoms with Crippen molar-refractivity contribution in [3.63, 3.8) is 0 Å². The second-order valence-electron chi connectivity index (χ2n) is 8.48. The SMILES string of the molecule is Cc1c(-c2ccc(F)cn2)c(C(=O)N2C[C@@H](C)O[C@@H](C)[C@H]2CNc2cnc(C(F)F)cn2)nn1C. The Morgan fingerprint density at radius 2 is 1.97 bits per heavy atom. The number of nitrogens with one attached hydrogen (secondary N) is 1. The molecule has 186 valence electrons. The molecule has 0 bridgehead atoms. The Bertz CT molecular complexity index is 1190. The smallest absolute Gasteiger partial charge is 0.281 e. The lowest BCUT2D eigenvalue weighted by atomic mass is 10.0. The number of nitrogens with zero attached hydrogens (tertiary/aromatic N) is 6. The highest BCUT2D eigenvalue weighted by atomic mass is 19.3. The molecule has 1 aliphatic heterocycles. The highest BCUT2D eigenvalue weighted by Crippen LogP contribution is 2.29. The van der Waals surface area contributed by atoms with Gasteiger partial charge < -0.3 is 15.0 Å². The summed E-state index contributed by atoms with van der Waals surface area (Å²) in [5.41, 5.74) is 1.48. The van der Waals surface area contributed by atoms with Gasteiger partial charge in [-0.3, -0.25) is 14.5 Å². The maximum atomic E-state index is 13.8. The molecule has 0 aliphatic carbocycles. The van der Waals surface area contributed by atoms with Crippen molar-refractivity contribution in [3.05, 3.63) is 53.6 Å². The van der Waals surface area contributed by atoms with Crippen LogP contribution in [0.1, 0.15) is 42.1 Å². The van der Waals surface area contributed by atoms with E-state index < -0.39 is 24.0 Å². The molecule has 4 heterocycles. The minimum atomic E-state index is -2.70. The van der Waals surface area contributed by atoms with E-state index in [1.807, 2.05) is 20.8 Å². The van der Waals surface area contributed by atoms with Crippen molar-refractivity contribution in [2.45, 2.75) is 45.4 Å². The number of carbonyl (C=O) groups excluding carboxylic acids is 1. The monoisotopic (exact) mass is 489 g/mol. The standard InChI is InChI=1S/C23H26F3N7O2/c1-12-11-33(18(14(3)35-12)9-30-19-10-28-17(8-29-19)22(25)26)23(34)21-20(13(2)32(4)31-21)16-6-5-15(24)7-27-16/h5-8,10,12,14,18,22H,9,11H2,1-4H3,(H,29,30)/t12-,14+,18-/m1/s1. The first kappa shape index (κ1) is 24.6. The van der Waals surface area contributed by atoms with Crippen LogP contribution in [0.2, 0.25) is 0 Å². The van der Waals surface area contributed by atoms with Crippen molar-refractivity contribution in [3.8, 4) is 11.3 Å². The third-order valence-corrected chi connectivity index (χ3v) is 6.01. The van der Waals surface area contributed by atoms with Crippen LogP contribution >= 0.6 is 0 Å². The van der Waals surface area contributed by atoms with Crippen LogP contribution in [0.3, 0.4) is 0 Å². The van der Waals surface area contributed by atoms with Gasteiger partial charge in [0.05, 0.1) is 48.1 Å². The zero-order valence-electron chi connectivity index (χ0n) is 19.7. The summed E-state index contributed by atoms with van der Waals surface area (Å²) in [7, 11) is 1.73. The predicted octanol–water partition coefficient (Wildman–Crippen LogP) is 3.39. The van der Waals surface area contributed by atoms with Gasteiger partial charge in [-0.05, 0) is 32.9 Å². The lowest BCUT2D eigenvalue weighted by Gasteiger charge is -2.42. The molecular weight excluding hydrogens is 463 g/mol. The molecule has 3 atom stereocenters. The van der Waals surface area contributed by atoms with Gasteiger partial charge in [0.25, 0.3) is 12.3 Å². The summed E-state index contributed by atoms with van der Waals surface area (Å²) in [6, 6.07) is 2.39. The number of aromatic nitrogens is 5. The molecule has 9 nitrogen and oxygen atoms in total. The fraction of sp³-hybridized carbons (Fsp3) is 0.435. The molecule has 35 heavy (non-hydrogen) atoms. The Morgan fingerprint density at radius 3 is 2.60 bits per heavy atom. The van der Waals surface area contributed by atoms with Crippen LogP contribution in [0.25, 0.3) is 11.3 Å². The average Bonchev–Trinajstić information content (AvgIpc) is 3.12. The van der Waals surface area contributed by atoms with Crippen molar-refractivity contribution < 1.29 is 22.7 Å². The minimum Gasteiger partial charge on any atom is -0.372 e. The first-order chi connectivity index (χ1) is 16.7. The molecular formula is C23H26F3N7O2. The Hall–Kier alpha value is -3.54. The Morgan fingerprint density at radius 1 is 1.20 bits per heavy atom. The molecule has 12 heteroatoms. The van der Waals surface area contributed by atoms with Crippen LogP contribution in [0.15, 0.2) is 30.7 Å². The van der Waals surface area contributed by atoms with Crippen molar-refractivity contribution in [2.24, 2.45) is 7.05 Å². The summed E-state index contributed by atoms with van der Waals surface area (Å²) in [6.45, 7) is 6.12. The van der Waals surface area contributed by atoms with E-state index in [0.29, 0.717) is 29.3 Å². The molecule has 0 radical (unpaired) electrons. The van der Waals surface area contributed by atoms with Crippen LogP contribution in [0.4, 0.5) is 19.0 Å². The third-order valence-electron chi connectivity index (χ3n) is 6.01. The number of morpholine rings is 1. The highest BCUT2D eigenvalue weighted by Gasteiger charge is 2.38. The van der Waals surface area contributed by atoms with E-state index in [0.717, 1.165) is 12.4 Å². The number of amides is 1. The maximum Gasteiger partial charge on any atom is 0.281 e. The average molecular weight is 490 g/mol. The van der Waals surface area contributed by atoms with Gasteiger partial charge in [-0.25, -0.2) is 23.1 Å². The summed E-state index contributed by atoms with van der Waals surface area (Å²) in [5, 5.41) is 7.51. The molecule has 4 rings (SSSR count). The van der Waals surface area contributed by atoms with Gasteiger partial charge in [0.2, 0.25) is 0 Å². The lowest BCUT2D eigenvalue weighted by Crippen LogP contribution is -2.58. The number of halogens is 3. The van der Waals surface area contributed by atoms with E-state index in [-0.39, 0.29) is 30.4 Å². The zero-order chi connectivity index (χ0) is 25.3. The number of hydrogen-bond donors (Lipinski definition) is 1. The van der Waals surface area contributed by atoms with Gasteiger partial charge >= 0.3 is 0 Å². The van der Waals surface area contributed by atoms with Crippen LogP contribution in [-0.4, -0.2) is 66.9 Å². The van der Waals surface area contributed by atoms with Gasteiger partial charge in [-0.15, -0.1) is 0 Å². The van der Waals surface area contributed by atoms with E-state index in [4.69, 9.17) is 4.74 Å². The van der Waals surface area contributed by atoms with Crippen LogP contribution < -0.4 is 5.32 Å². The fourth-order valence-electron chi connectivity index (χ4n) is 4.15. The molecule has 1 amide bonds. The second-order valence-corrected chi connectivity index (χ2v) is 8.48. The zero-order valence-corrected chi connectivity index (χ0v) is 19.7.